The van der Waals surface area contributed by atoms with E-state index in [0.717, 1.165) is 18.4 Å². The number of halogens is 1. The molecule has 1 fully saturated rings. The van der Waals surface area contributed by atoms with E-state index in [1.165, 1.54) is 6.07 Å². The Morgan fingerprint density at radius 1 is 1.50 bits per heavy atom. The van der Waals surface area contributed by atoms with Gasteiger partial charge in [-0.05, 0) is 37.0 Å². The standard InChI is InChI=1S/C11H14FNO/c1-8-6-9(2-3-10(8)12)11(4-5-11)7-14-13/h2-3,6H,4-5,7,13H2,1H3. The second-order valence-corrected chi connectivity index (χ2v) is 4.06. The van der Waals surface area contributed by atoms with Crippen molar-refractivity contribution in [2.75, 3.05) is 6.61 Å². The minimum atomic E-state index is -0.154. The van der Waals surface area contributed by atoms with Gasteiger partial charge in [0, 0.05) is 5.41 Å². The van der Waals surface area contributed by atoms with Gasteiger partial charge in [-0.1, -0.05) is 12.1 Å². The highest BCUT2D eigenvalue weighted by atomic mass is 19.1. The Labute approximate surface area is 82.8 Å². The van der Waals surface area contributed by atoms with Crippen LogP contribution in [0.1, 0.15) is 24.0 Å². The Morgan fingerprint density at radius 3 is 2.71 bits per heavy atom. The first-order valence-corrected chi connectivity index (χ1v) is 4.76. The van der Waals surface area contributed by atoms with Gasteiger partial charge >= 0.3 is 0 Å². The molecule has 2 N–H and O–H groups in total. The van der Waals surface area contributed by atoms with Crippen LogP contribution in [0.15, 0.2) is 18.2 Å². The van der Waals surface area contributed by atoms with Crippen molar-refractivity contribution in [2.45, 2.75) is 25.2 Å². The first kappa shape index (κ1) is 9.62. The highest BCUT2D eigenvalue weighted by molar-refractivity contribution is 5.35. The van der Waals surface area contributed by atoms with E-state index in [0.29, 0.717) is 12.2 Å². The molecule has 1 saturated carbocycles. The van der Waals surface area contributed by atoms with Crippen LogP contribution in [0.4, 0.5) is 4.39 Å². The fourth-order valence-corrected chi connectivity index (χ4v) is 1.80. The average molecular weight is 195 g/mol. The molecule has 0 saturated heterocycles. The second-order valence-electron chi connectivity index (χ2n) is 4.06. The summed E-state index contributed by atoms with van der Waals surface area (Å²) in [5.74, 6) is 4.93. The monoisotopic (exact) mass is 195 g/mol. The molecular weight excluding hydrogens is 181 g/mol. The number of benzene rings is 1. The predicted octanol–water partition coefficient (Wildman–Crippen LogP) is 2.06. The van der Waals surface area contributed by atoms with E-state index in [1.54, 1.807) is 6.92 Å². The lowest BCUT2D eigenvalue weighted by Gasteiger charge is -2.14. The van der Waals surface area contributed by atoms with E-state index >= 15 is 0 Å². The SMILES string of the molecule is Cc1cc(C2(CON)CC2)ccc1F. The lowest BCUT2D eigenvalue weighted by molar-refractivity contribution is 0.116. The minimum Gasteiger partial charge on any atom is -0.304 e. The van der Waals surface area contributed by atoms with Gasteiger partial charge in [-0.15, -0.1) is 0 Å². The Balaban J connectivity index is 2.28. The van der Waals surface area contributed by atoms with Crippen molar-refractivity contribution in [1.29, 1.82) is 0 Å². The molecule has 1 aromatic carbocycles. The molecule has 0 amide bonds. The summed E-state index contributed by atoms with van der Waals surface area (Å²) in [4.78, 5) is 4.70. The average Bonchev–Trinajstić information content (AvgIpc) is 2.91. The number of rotatable bonds is 3. The van der Waals surface area contributed by atoms with Gasteiger partial charge in [-0.3, -0.25) is 0 Å². The number of hydrogen-bond donors (Lipinski definition) is 1. The topological polar surface area (TPSA) is 35.2 Å². The Morgan fingerprint density at radius 2 is 2.21 bits per heavy atom. The van der Waals surface area contributed by atoms with Crippen LogP contribution in [0, 0.1) is 12.7 Å². The van der Waals surface area contributed by atoms with Gasteiger partial charge < -0.3 is 4.84 Å². The van der Waals surface area contributed by atoms with Gasteiger partial charge in [-0.2, -0.15) is 0 Å². The molecule has 2 rings (SSSR count). The summed E-state index contributed by atoms with van der Waals surface area (Å²) in [6, 6.07) is 5.23. The predicted molar refractivity (Wildman–Crippen MR) is 52.2 cm³/mol. The summed E-state index contributed by atoms with van der Waals surface area (Å²) in [7, 11) is 0. The Bertz CT molecular complexity index is 347. The summed E-state index contributed by atoms with van der Waals surface area (Å²) in [6.45, 7) is 2.30. The maximum Gasteiger partial charge on any atom is 0.126 e. The highest BCUT2D eigenvalue weighted by Gasteiger charge is 2.44. The molecule has 0 spiro atoms. The summed E-state index contributed by atoms with van der Waals surface area (Å²) in [5.41, 5.74) is 1.89. The first-order chi connectivity index (χ1) is 6.68. The summed E-state index contributed by atoms with van der Waals surface area (Å²) in [5, 5.41) is 0. The molecule has 2 nitrogen and oxygen atoms in total. The van der Waals surface area contributed by atoms with Crippen molar-refractivity contribution >= 4 is 0 Å². The molecule has 0 heterocycles. The maximum atomic E-state index is 13.0. The van der Waals surface area contributed by atoms with Gasteiger partial charge in [0.2, 0.25) is 0 Å². The molecule has 1 aliphatic rings. The van der Waals surface area contributed by atoms with Gasteiger partial charge in [-0.25, -0.2) is 10.3 Å². The first-order valence-electron chi connectivity index (χ1n) is 4.76. The van der Waals surface area contributed by atoms with Crippen LogP contribution in [-0.2, 0) is 10.3 Å². The van der Waals surface area contributed by atoms with E-state index in [-0.39, 0.29) is 11.2 Å². The molecule has 0 aliphatic heterocycles. The summed E-state index contributed by atoms with van der Waals surface area (Å²) >= 11 is 0. The van der Waals surface area contributed by atoms with Crippen molar-refractivity contribution in [3.05, 3.63) is 35.1 Å². The van der Waals surface area contributed by atoms with E-state index in [9.17, 15) is 4.39 Å². The van der Waals surface area contributed by atoms with Gasteiger partial charge in [0.25, 0.3) is 0 Å². The van der Waals surface area contributed by atoms with E-state index in [2.05, 4.69) is 0 Å². The zero-order valence-corrected chi connectivity index (χ0v) is 8.22. The van der Waals surface area contributed by atoms with Crippen molar-refractivity contribution in [3.63, 3.8) is 0 Å². The zero-order valence-electron chi connectivity index (χ0n) is 8.22. The zero-order chi connectivity index (χ0) is 10.2. The van der Waals surface area contributed by atoms with Crippen molar-refractivity contribution in [2.24, 2.45) is 5.90 Å². The molecule has 0 aromatic heterocycles. The molecule has 0 radical (unpaired) electrons. The summed E-state index contributed by atoms with van der Waals surface area (Å²) < 4.78 is 13.0. The van der Waals surface area contributed by atoms with Crippen LogP contribution in [-0.4, -0.2) is 6.61 Å². The quantitative estimate of drug-likeness (QED) is 0.749. The van der Waals surface area contributed by atoms with E-state index in [4.69, 9.17) is 10.7 Å². The fourth-order valence-electron chi connectivity index (χ4n) is 1.80. The van der Waals surface area contributed by atoms with Crippen molar-refractivity contribution in [3.8, 4) is 0 Å². The fraction of sp³-hybridized carbons (Fsp3) is 0.455. The maximum absolute atomic E-state index is 13.0. The van der Waals surface area contributed by atoms with Crippen LogP contribution in [0.3, 0.4) is 0 Å². The van der Waals surface area contributed by atoms with Crippen LogP contribution < -0.4 is 5.90 Å². The third kappa shape index (κ3) is 1.53. The largest absolute Gasteiger partial charge is 0.304 e. The summed E-state index contributed by atoms with van der Waals surface area (Å²) in [6.07, 6.45) is 2.16. The van der Waals surface area contributed by atoms with Crippen molar-refractivity contribution in [1.82, 2.24) is 0 Å². The lowest BCUT2D eigenvalue weighted by Crippen LogP contribution is -2.18. The molecule has 3 heteroatoms. The third-order valence-electron chi connectivity index (χ3n) is 2.98. The Kier molecular flexibility index (Phi) is 2.29. The molecule has 76 valence electrons. The third-order valence-corrected chi connectivity index (χ3v) is 2.98. The van der Waals surface area contributed by atoms with E-state index < -0.39 is 0 Å². The molecule has 1 aromatic rings. The van der Waals surface area contributed by atoms with Crippen LogP contribution >= 0.6 is 0 Å². The highest BCUT2D eigenvalue weighted by Crippen LogP contribution is 2.48. The molecular formula is C11H14FNO. The smallest absolute Gasteiger partial charge is 0.126 e. The molecule has 0 bridgehead atoms. The molecule has 0 unspecified atom stereocenters. The number of nitrogens with two attached hydrogens (primary N) is 1. The van der Waals surface area contributed by atoms with Crippen LogP contribution in [0.2, 0.25) is 0 Å². The van der Waals surface area contributed by atoms with Gasteiger partial charge in [0.1, 0.15) is 5.82 Å². The lowest BCUT2D eigenvalue weighted by atomic mass is 9.95. The van der Waals surface area contributed by atoms with Crippen LogP contribution in [0.5, 0.6) is 0 Å². The van der Waals surface area contributed by atoms with Gasteiger partial charge in [0.05, 0.1) is 6.61 Å². The second kappa shape index (κ2) is 3.33. The van der Waals surface area contributed by atoms with Gasteiger partial charge in [0.15, 0.2) is 0 Å². The van der Waals surface area contributed by atoms with E-state index in [1.807, 2.05) is 12.1 Å². The Hall–Kier alpha value is -0.930. The number of hydrogen-bond acceptors (Lipinski definition) is 2. The van der Waals surface area contributed by atoms with Crippen LogP contribution in [0.25, 0.3) is 0 Å². The molecule has 14 heavy (non-hydrogen) atoms. The molecule has 1 aliphatic carbocycles. The van der Waals surface area contributed by atoms with Crippen molar-refractivity contribution < 1.29 is 9.23 Å². The number of aryl methyl sites for hydroxylation is 1. The minimum absolute atomic E-state index is 0.0627. The molecule has 0 atom stereocenters. The normalized spacial score (nSPS) is 18.2.